The molecule has 4 aromatic rings. The molecule has 0 unspecified atom stereocenters. The fourth-order valence-corrected chi connectivity index (χ4v) is 2.61. The van der Waals surface area contributed by atoms with E-state index in [-0.39, 0.29) is 11.1 Å². The normalized spacial score (nSPS) is 11.4. The highest BCUT2D eigenvalue weighted by molar-refractivity contribution is 6.31. The van der Waals surface area contributed by atoms with Crippen molar-refractivity contribution in [2.24, 2.45) is 0 Å². The summed E-state index contributed by atoms with van der Waals surface area (Å²) in [4.78, 5) is 16.9. The maximum Gasteiger partial charge on any atom is 0.285 e. The van der Waals surface area contributed by atoms with Gasteiger partial charge < -0.3 is 0 Å². The molecule has 4 rings (SSSR count). The third-order valence-corrected chi connectivity index (χ3v) is 4.05. The highest BCUT2D eigenvalue weighted by Gasteiger charge is 2.12. The topological polar surface area (TPSA) is 78.0 Å². The Balaban J connectivity index is 2.02. The number of nitrogens with zero attached hydrogens (tertiary/aromatic N) is 6. The van der Waals surface area contributed by atoms with Gasteiger partial charge in [-0.2, -0.15) is 9.50 Å². The minimum atomic E-state index is -0.287. The molecule has 0 aliphatic heterocycles. The van der Waals surface area contributed by atoms with Crippen LogP contribution in [0.1, 0.15) is 11.4 Å². The molecule has 0 atom stereocenters. The Bertz CT molecular complexity index is 1130. The Morgan fingerprint density at radius 3 is 2.74 bits per heavy atom. The molecular formula is C15H11ClN6O. The Kier molecular flexibility index (Phi) is 2.92. The van der Waals surface area contributed by atoms with Crippen LogP contribution >= 0.6 is 11.6 Å². The number of aryl methyl sites for hydroxylation is 2. The molecule has 0 amide bonds. The van der Waals surface area contributed by atoms with Crippen LogP contribution in [0.3, 0.4) is 0 Å². The first-order valence-corrected chi connectivity index (χ1v) is 7.30. The largest absolute Gasteiger partial charge is 0.285 e. The fraction of sp³-hybridized carbons (Fsp3) is 0.133. The molecule has 0 radical (unpaired) electrons. The van der Waals surface area contributed by atoms with Gasteiger partial charge in [0.05, 0.1) is 5.69 Å². The number of halogens is 1. The lowest BCUT2D eigenvalue weighted by Crippen LogP contribution is -2.20. The Morgan fingerprint density at radius 1 is 1.13 bits per heavy atom. The molecule has 0 aliphatic carbocycles. The van der Waals surface area contributed by atoms with Crippen LogP contribution in [0.15, 0.2) is 35.3 Å². The monoisotopic (exact) mass is 326 g/mol. The molecule has 3 aromatic heterocycles. The summed E-state index contributed by atoms with van der Waals surface area (Å²) in [6.07, 6.45) is 1.67. The number of hydrogen-bond donors (Lipinski definition) is 0. The SMILES string of the molecule is Cc1nc2nnc3c(=O)n(-c4ccc(C)c(Cl)c4)ccc3n2n1. The van der Waals surface area contributed by atoms with Crippen LogP contribution < -0.4 is 5.56 Å². The van der Waals surface area contributed by atoms with Gasteiger partial charge in [-0.3, -0.25) is 9.36 Å². The third-order valence-electron chi connectivity index (χ3n) is 3.64. The zero-order valence-electron chi connectivity index (χ0n) is 12.4. The van der Waals surface area contributed by atoms with Crippen LogP contribution in [0, 0.1) is 13.8 Å². The molecule has 0 spiro atoms. The summed E-state index contributed by atoms with van der Waals surface area (Å²) in [5.41, 5.74) is 2.12. The molecule has 1 aromatic carbocycles. The smallest absolute Gasteiger partial charge is 0.282 e. The molecule has 23 heavy (non-hydrogen) atoms. The Labute approximate surface area is 135 Å². The minimum Gasteiger partial charge on any atom is -0.282 e. The van der Waals surface area contributed by atoms with E-state index in [0.29, 0.717) is 27.8 Å². The van der Waals surface area contributed by atoms with E-state index in [1.807, 2.05) is 19.1 Å². The minimum absolute atomic E-state index is 0.224. The zero-order chi connectivity index (χ0) is 16.1. The van der Waals surface area contributed by atoms with Gasteiger partial charge in [0.1, 0.15) is 11.3 Å². The molecule has 0 aliphatic rings. The molecule has 7 nitrogen and oxygen atoms in total. The van der Waals surface area contributed by atoms with Crippen molar-refractivity contribution in [3.8, 4) is 5.69 Å². The molecule has 0 saturated carbocycles. The summed E-state index contributed by atoms with van der Waals surface area (Å²) >= 11 is 6.15. The van der Waals surface area contributed by atoms with Crippen LogP contribution in [-0.4, -0.2) is 29.4 Å². The summed E-state index contributed by atoms with van der Waals surface area (Å²) in [7, 11) is 0. The van der Waals surface area contributed by atoms with E-state index < -0.39 is 0 Å². The van der Waals surface area contributed by atoms with Crippen LogP contribution in [-0.2, 0) is 0 Å². The van der Waals surface area contributed by atoms with E-state index in [9.17, 15) is 4.79 Å². The maximum absolute atomic E-state index is 12.7. The van der Waals surface area contributed by atoms with E-state index in [1.54, 1.807) is 25.3 Å². The molecule has 0 fully saturated rings. The number of pyridine rings is 1. The molecule has 3 heterocycles. The summed E-state index contributed by atoms with van der Waals surface area (Å²) < 4.78 is 3.00. The van der Waals surface area contributed by atoms with Crippen molar-refractivity contribution < 1.29 is 0 Å². The van der Waals surface area contributed by atoms with Gasteiger partial charge in [-0.05, 0) is 37.6 Å². The molecule has 0 N–H and O–H groups in total. The highest BCUT2D eigenvalue weighted by Crippen LogP contribution is 2.19. The van der Waals surface area contributed by atoms with Crippen LogP contribution in [0.2, 0.25) is 5.02 Å². The van der Waals surface area contributed by atoms with Gasteiger partial charge in [-0.25, -0.2) is 0 Å². The van der Waals surface area contributed by atoms with Gasteiger partial charge in [0.15, 0.2) is 5.52 Å². The van der Waals surface area contributed by atoms with Gasteiger partial charge in [-0.15, -0.1) is 15.3 Å². The zero-order valence-corrected chi connectivity index (χ0v) is 13.1. The second kappa shape index (κ2) is 4.85. The van der Waals surface area contributed by atoms with Crippen molar-refractivity contribution in [1.82, 2.24) is 29.4 Å². The van der Waals surface area contributed by atoms with E-state index in [1.165, 1.54) is 9.08 Å². The molecule has 0 bridgehead atoms. The van der Waals surface area contributed by atoms with E-state index in [0.717, 1.165) is 5.56 Å². The van der Waals surface area contributed by atoms with Crippen molar-refractivity contribution in [2.75, 3.05) is 0 Å². The lowest BCUT2D eigenvalue weighted by molar-refractivity contribution is 0.905. The first-order valence-electron chi connectivity index (χ1n) is 6.92. The third kappa shape index (κ3) is 2.08. The van der Waals surface area contributed by atoms with Crippen LogP contribution in [0.25, 0.3) is 22.5 Å². The average molecular weight is 327 g/mol. The number of hydrogen-bond acceptors (Lipinski definition) is 5. The fourth-order valence-electron chi connectivity index (χ4n) is 2.44. The van der Waals surface area contributed by atoms with Gasteiger partial charge in [0, 0.05) is 11.2 Å². The summed E-state index contributed by atoms with van der Waals surface area (Å²) in [6.45, 7) is 3.67. The van der Waals surface area contributed by atoms with Crippen LogP contribution in [0.5, 0.6) is 0 Å². The predicted molar refractivity (Wildman–Crippen MR) is 86.2 cm³/mol. The van der Waals surface area contributed by atoms with Gasteiger partial charge in [0.2, 0.25) is 0 Å². The predicted octanol–water partition coefficient (Wildman–Crippen LogP) is 2.09. The molecule has 0 saturated heterocycles. The van der Waals surface area contributed by atoms with Crippen molar-refractivity contribution >= 4 is 28.4 Å². The van der Waals surface area contributed by atoms with Gasteiger partial charge in [-0.1, -0.05) is 17.7 Å². The van der Waals surface area contributed by atoms with Crippen molar-refractivity contribution in [2.45, 2.75) is 13.8 Å². The highest BCUT2D eigenvalue weighted by atomic mass is 35.5. The number of fused-ring (bicyclic) bond motifs is 3. The summed E-state index contributed by atoms with van der Waals surface area (Å²) in [6, 6.07) is 7.21. The molecular weight excluding hydrogens is 316 g/mol. The number of aromatic nitrogens is 6. The number of benzene rings is 1. The quantitative estimate of drug-likeness (QED) is 0.535. The van der Waals surface area contributed by atoms with Crippen molar-refractivity contribution in [3.63, 3.8) is 0 Å². The molecule has 8 heteroatoms. The Hall–Kier alpha value is -2.80. The summed E-state index contributed by atoms with van der Waals surface area (Å²) in [5.74, 6) is 0.937. The average Bonchev–Trinajstić information content (AvgIpc) is 2.91. The van der Waals surface area contributed by atoms with Gasteiger partial charge >= 0.3 is 0 Å². The van der Waals surface area contributed by atoms with Gasteiger partial charge in [0.25, 0.3) is 11.3 Å². The first-order chi connectivity index (χ1) is 11.0. The van der Waals surface area contributed by atoms with E-state index in [2.05, 4.69) is 20.3 Å². The maximum atomic E-state index is 12.7. The number of rotatable bonds is 1. The second-order valence-corrected chi connectivity index (χ2v) is 5.64. The second-order valence-electron chi connectivity index (χ2n) is 5.23. The lowest BCUT2D eigenvalue weighted by atomic mass is 10.2. The standard InChI is InChI=1S/C15H11ClN6O/c1-8-3-4-10(7-11(8)16)21-6-5-12-13(14(21)23)18-19-15-17-9(2)20-22(12)15/h3-7H,1-2H3. The summed E-state index contributed by atoms with van der Waals surface area (Å²) in [5, 5.41) is 12.8. The lowest BCUT2D eigenvalue weighted by Gasteiger charge is -2.08. The van der Waals surface area contributed by atoms with Crippen LogP contribution in [0.4, 0.5) is 0 Å². The van der Waals surface area contributed by atoms with Crippen molar-refractivity contribution in [3.05, 3.63) is 57.2 Å². The molecule has 114 valence electrons. The first kappa shape index (κ1) is 13.8. The Morgan fingerprint density at radius 2 is 1.96 bits per heavy atom. The van der Waals surface area contributed by atoms with Crippen molar-refractivity contribution in [1.29, 1.82) is 0 Å². The van der Waals surface area contributed by atoms with E-state index in [4.69, 9.17) is 11.6 Å². The van der Waals surface area contributed by atoms with E-state index >= 15 is 0 Å².